The van der Waals surface area contributed by atoms with Gasteiger partial charge in [0, 0.05) is 30.1 Å². The molecular formula is C22H27N3O3S. The fourth-order valence-corrected chi connectivity index (χ4v) is 5.00. The minimum absolute atomic E-state index is 0.255. The summed E-state index contributed by atoms with van der Waals surface area (Å²) in [6, 6.07) is 9.50. The molecule has 6 nitrogen and oxygen atoms in total. The number of nitrogens with zero attached hydrogens (tertiary/aromatic N) is 1. The van der Waals surface area contributed by atoms with Gasteiger partial charge < -0.3 is 4.74 Å². The summed E-state index contributed by atoms with van der Waals surface area (Å²) >= 11 is 1.54. The smallest absolute Gasteiger partial charge is 0.279 e. The quantitative estimate of drug-likeness (QED) is 0.757. The van der Waals surface area contributed by atoms with Gasteiger partial charge >= 0.3 is 0 Å². The van der Waals surface area contributed by atoms with Crippen molar-refractivity contribution in [2.24, 2.45) is 5.92 Å². The predicted molar refractivity (Wildman–Crippen MR) is 113 cm³/mol. The van der Waals surface area contributed by atoms with Crippen LogP contribution in [-0.2, 0) is 24.1 Å². The van der Waals surface area contributed by atoms with Gasteiger partial charge in [-0.2, -0.15) is 0 Å². The van der Waals surface area contributed by atoms with E-state index in [-0.39, 0.29) is 11.8 Å². The number of benzene rings is 1. The van der Waals surface area contributed by atoms with E-state index in [1.54, 1.807) is 6.07 Å². The second kappa shape index (κ2) is 9.07. The molecule has 154 valence electrons. The number of nitrogens with one attached hydrogen (secondary N) is 2. The maximum absolute atomic E-state index is 12.5. The van der Waals surface area contributed by atoms with Crippen molar-refractivity contribution < 1.29 is 14.3 Å². The lowest BCUT2D eigenvalue weighted by Gasteiger charge is -2.26. The van der Waals surface area contributed by atoms with Crippen LogP contribution in [0.25, 0.3) is 0 Å². The Kier molecular flexibility index (Phi) is 6.28. The number of rotatable bonds is 4. The highest BCUT2D eigenvalue weighted by Gasteiger charge is 2.21. The van der Waals surface area contributed by atoms with Gasteiger partial charge in [0.15, 0.2) is 0 Å². The van der Waals surface area contributed by atoms with E-state index in [0.29, 0.717) is 16.4 Å². The topological polar surface area (TPSA) is 70.7 Å². The summed E-state index contributed by atoms with van der Waals surface area (Å²) in [6.45, 7) is 6.32. The Hall–Kier alpha value is -2.22. The summed E-state index contributed by atoms with van der Waals surface area (Å²) < 4.78 is 5.38. The number of hydrogen-bond donors (Lipinski definition) is 2. The molecule has 1 unspecified atom stereocenters. The number of carbonyl (C=O) groups is 2. The second-order valence-electron chi connectivity index (χ2n) is 7.90. The number of ether oxygens (including phenoxy) is 1. The highest BCUT2D eigenvalue weighted by Crippen LogP contribution is 2.32. The van der Waals surface area contributed by atoms with E-state index in [1.807, 2.05) is 24.3 Å². The first-order valence-electron chi connectivity index (χ1n) is 10.2. The molecule has 7 heteroatoms. The lowest BCUT2D eigenvalue weighted by molar-refractivity contribution is 0.0342. The Balaban J connectivity index is 1.33. The Bertz CT molecular complexity index is 889. The zero-order valence-corrected chi connectivity index (χ0v) is 17.5. The standard InChI is InChI=1S/C22H27N3O3S/c1-15-5-6-19-18(11-15)13-20(29-19)22(27)24-23-21(26)17-4-2-3-16(12-17)14-25-7-9-28-10-8-25/h2-4,12-13,15H,5-11,14H2,1H3,(H,23,26)(H,24,27). The van der Waals surface area contributed by atoms with Crippen molar-refractivity contribution >= 4 is 23.2 Å². The van der Waals surface area contributed by atoms with Gasteiger partial charge in [-0.15, -0.1) is 11.3 Å². The fraction of sp³-hybridized carbons (Fsp3) is 0.455. The van der Waals surface area contributed by atoms with Crippen LogP contribution in [-0.4, -0.2) is 43.0 Å². The van der Waals surface area contributed by atoms with Crippen molar-refractivity contribution in [2.45, 2.75) is 32.7 Å². The van der Waals surface area contributed by atoms with E-state index in [4.69, 9.17) is 4.74 Å². The average molecular weight is 414 g/mol. The van der Waals surface area contributed by atoms with Crippen molar-refractivity contribution in [3.8, 4) is 0 Å². The molecule has 1 aromatic carbocycles. The van der Waals surface area contributed by atoms with E-state index in [2.05, 4.69) is 22.7 Å². The minimum atomic E-state index is -0.308. The molecule has 2 aromatic rings. The Morgan fingerprint density at radius 3 is 2.79 bits per heavy atom. The maximum atomic E-state index is 12.5. The minimum Gasteiger partial charge on any atom is -0.379 e. The van der Waals surface area contributed by atoms with Crippen LogP contribution >= 0.6 is 11.3 Å². The molecule has 0 radical (unpaired) electrons. The molecule has 2 N–H and O–H groups in total. The lowest BCUT2D eigenvalue weighted by atomic mass is 9.90. The van der Waals surface area contributed by atoms with E-state index >= 15 is 0 Å². The predicted octanol–water partition coefficient (Wildman–Crippen LogP) is 2.78. The molecule has 2 amide bonds. The van der Waals surface area contributed by atoms with E-state index in [9.17, 15) is 9.59 Å². The van der Waals surface area contributed by atoms with Gasteiger partial charge in [0.1, 0.15) is 0 Å². The normalized spacial score (nSPS) is 19.4. The molecule has 0 spiro atoms. The number of hydrazine groups is 1. The van der Waals surface area contributed by atoms with Crippen LogP contribution < -0.4 is 10.9 Å². The van der Waals surface area contributed by atoms with Crippen molar-refractivity contribution in [2.75, 3.05) is 26.3 Å². The summed E-state index contributed by atoms with van der Waals surface area (Å²) in [7, 11) is 0. The van der Waals surface area contributed by atoms with Crippen molar-refractivity contribution in [3.63, 3.8) is 0 Å². The average Bonchev–Trinajstić information content (AvgIpc) is 3.16. The summed E-state index contributed by atoms with van der Waals surface area (Å²) in [4.78, 5) is 29.2. The molecule has 1 saturated heterocycles. The Labute approximate surface area is 175 Å². The van der Waals surface area contributed by atoms with E-state index < -0.39 is 0 Å². The van der Waals surface area contributed by atoms with E-state index in [0.717, 1.165) is 51.3 Å². The number of carbonyl (C=O) groups excluding carboxylic acids is 2. The Morgan fingerprint density at radius 2 is 1.97 bits per heavy atom. The van der Waals surface area contributed by atoms with Crippen LogP contribution in [0.5, 0.6) is 0 Å². The summed E-state index contributed by atoms with van der Waals surface area (Å²) in [6.07, 6.45) is 3.24. The number of hydrogen-bond acceptors (Lipinski definition) is 5. The number of aryl methyl sites for hydroxylation is 1. The van der Waals surface area contributed by atoms with E-state index in [1.165, 1.54) is 28.2 Å². The monoisotopic (exact) mass is 413 g/mol. The molecule has 1 fully saturated rings. The molecule has 2 aliphatic rings. The molecule has 1 aliphatic carbocycles. The fourth-order valence-electron chi connectivity index (χ4n) is 3.89. The molecule has 2 heterocycles. The van der Waals surface area contributed by atoms with Crippen molar-refractivity contribution in [3.05, 3.63) is 56.8 Å². The Morgan fingerprint density at radius 1 is 1.17 bits per heavy atom. The van der Waals surface area contributed by atoms with Gasteiger partial charge in [0.25, 0.3) is 11.8 Å². The highest BCUT2D eigenvalue weighted by molar-refractivity contribution is 7.14. The summed E-state index contributed by atoms with van der Waals surface area (Å²) in [5.74, 6) is 0.101. The molecular weight excluding hydrogens is 386 g/mol. The lowest BCUT2D eigenvalue weighted by Crippen LogP contribution is -2.41. The van der Waals surface area contributed by atoms with Crippen LogP contribution in [0.2, 0.25) is 0 Å². The maximum Gasteiger partial charge on any atom is 0.279 e. The summed E-state index contributed by atoms with van der Waals surface area (Å²) in [5.41, 5.74) is 8.01. The van der Waals surface area contributed by atoms with Crippen LogP contribution in [0, 0.1) is 5.92 Å². The van der Waals surface area contributed by atoms with Crippen LogP contribution in [0.4, 0.5) is 0 Å². The molecule has 0 bridgehead atoms. The van der Waals surface area contributed by atoms with Gasteiger partial charge in [0.05, 0.1) is 18.1 Å². The van der Waals surface area contributed by atoms with Gasteiger partial charge in [-0.3, -0.25) is 25.3 Å². The highest BCUT2D eigenvalue weighted by atomic mass is 32.1. The first-order valence-corrected chi connectivity index (χ1v) is 11.0. The zero-order valence-electron chi connectivity index (χ0n) is 16.7. The first kappa shape index (κ1) is 20.1. The van der Waals surface area contributed by atoms with Crippen molar-refractivity contribution in [1.82, 2.24) is 15.8 Å². The summed E-state index contributed by atoms with van der Waals surface area (Å²) in [5, 5.41) is 0. The second-order valence-corrected chi connectivity index (χ2v) is 9.04. The van der Waals surface area contributed by atoms with Crippen LogP contribution in [0.1, 0.15) is 49.4 Å². The molecule has 4 rings (SSSR count). The number of thiophene rings is 1. The van der Waals surface area contributed by atoms with Crippen LogP contribution in [0.15, 0.2) is 30.3 Å². The SMILES string of the molecule is CC1CCc2sc(C(=O)NNC(=O)c3cccc(CN4CCOCC4)c3)cc2C1. The molecule has 1 aromatic heterocycles. The molecule has 29 heavy (non-hydrogen) atoms. The van der Waals surface area contributed by atoms with Gasteiger partial charge in [0.2, 0.25) is 0 Å². The molecule has 0 saturated carbocycles. The number of morpholine rings is 1. The third-order valence-electron chi connectivity index (χ3n) is 5.54. The third-order valence-corrected chi connectivity index (χ3v) is 6.78. The van der Waals surface area contributed by atoms with Gasteiger partial charge in [-0.25, -0.2) is 0 Å². The van der Waals surface area contributed by atoms with Crippen molar-refractivity contribution in [1.29, 1.82) is 0 Å². The first-order chi connectivity index (χ1) is 14.1. The number of fused-ring (bicyclic) bond motifs is 1. The zero-order chi connectivity index (χ0) is 20.2. The largest absolute Gasteiger partial charge is 0.379 e. The molecule has 1 atom stereocenters. The number of amides is 2. The third kappa shape index (κ3) is 5.04. The molecule has 1 aliphatic heterocycles. The van der Waals surface area contributed by atoms with Crippen LogP contribution in [0.3, 0.4) is 0 Å². The van der Waals surface area contributed by atoms with Gasteiger partial charge in [-0.1, -0.05) is 19.1 Å². The van der Waals surface area contributed by atoms with Gasteiger partial charge in [-0.05, 0) is 54.5 Å².